The highest BCUT2D eigenvalue weighted by Crippen LogP contribution is 2.39. The minimum atomic E-state index is -1.23. The Morgan fingerprint density at radius 1 is 1.37 bits per heavy atom. The first-order chi connectivity index (χ1) is 13.0. The lowest BCUT2D eigenvalue weighted by molar-refractivity contribution is -0.385. The molecule has 9 heteroatoms. The molecule has 1 aliphatic carbocycles. The van der Waals surface area contributed by atoms with Crippen LogP contribution in [0.25, 0.3) is 0 Å². The molecule has 2 aromatic carbocycles. The standard InChI is InChI=1S/C18H14ClFN4O3/c19-14-6-4-10(20)8-13(14)18(25)15-9-23(22-21-15)16-7-5-12-11(16)2-1-3-17(12)24(26)27/h1-4,6,8-9,16,18,25H,5,7H2/t16-,18?/m1/s1. The molecule has 4 rings (SSSR count). The van der Waals surface area contributed by atoms with E-state index in [0.29, 0.717) is 18.4 Å². The number of halogens is 2. The maximum atomic E-state index is 13.5. The van der Waals surface area contributed by atoms with Crippen LogP contribution in [0.2, 0.25) is 5.02 Å². The Labute approximate surface area is 158 Å². The summed E-state index contributed by atoms with van der Waals surface area (Å²) in [4.78, 5) is 10.8. The summed E-state index contributed by atoms with van der Waals surface area (Å²) in [7, 11) is 0. The molecule has 0 aliphatic heterocycles. The van der Waals surface area contributed by atoms with Crippen molar-refractivity contribution in [2.24, 2.45) is 0 Å². The fourth-order valence-corrected chi connectivity index (χ4v) is 3.73. The molecule has 27 heavy (non-hydrogen) atoms. The van der Waals surface area contributed by atoms with Crippen molar-refractivity contribution in [1.29, 1.82) is 0 Å². The van der Waals surface area contributed by atoms with Crippen LogP contribution in [-0.4, -0.2) is 25.0 Å². The van der Waals surface area contributed by atoms with Crippen molar-refractivity contribution in [3.05, 3.63) is 85.9 Å². The molecule has 0 amide bonds. The fraction of sp³-hybridized carbons (Fsp3) is 0.222. The van der Waals surface area contributed by atoms with Gasteiger partial charge in [0.2, 0.25) is 0 Å². The number of rotatable bonds is 4. The highest BCUT2D eigenvalue weighted by molar-refractivity contribution is 6.31. The van der Waals surface area contributed by atoms with Gasteiger partial charge in [0.25, 0.3) is 5.69 Å². The van der Waals surface area contributed by atoms with Crippen molar-refractivity contribution >= 4 is 17.3 Å². The predicted molar refractivity (Wildman–Crippen MR) is 95.1 cm³/mol. The van der Waals surface area contributed by atoms with Crippen molar-refractivity contribution in [3.63, 3.8) is 0 Å². The Morgan fingerprint density at radius 3 is 2.96 bits per heavy atom. The molecule has 0 radical (unpaired) electrons. The third-order valence-electron chi connectivity index (χ3n) is 4.79. The molecule has 0 fully saturated rings. The van der Waals surface area contributed by atoms with E-state index >= 15 is 0 Å². The molecule has 138 valence electrons. The quantitative estimate of drug-likeness (QED) is 0.544. The van der Waals surface area contributed by atoms with Gasteiger partial charge in [0.1, 0.15) is 17.6 Å². The number of nitrogens with zero attached hydrogens (tertiary/aromatic N) is 4. The van der Waals surface area contributed by atoms with E-state index in [2.05, 4.69) is 10.3 Å². The van der Waals surface area contributed by atoms with Gasteiger partial charge in [-0.3, -0.25) is 10.1 Å². The van der Waals surface area contributed by atoms with Gasteiger partial charge in [-0.15, -0.1) is 5.10 Å². The van der Waals surface area contributed by atoms with Crippen molar-refractivity contribution in [3.8, 4) is 0 Å². The summed E-state index contributed by atoms with van der Waals surface area (Å²) in [5.41, 5.74) is 2.03. The number of aliphatic hydroxyl groups is 1. The molecule has 7 nitrogen and oxygen atoms in total. The molecule has 3 aromatic rings. The number of aliphatic hydroxyl groups excluding tert-OH is 1. The lowest BCUT2D eigenvalue weighted by Crippen LogP contribution is -2.08. The van der Waals surface area contributed by atoms with Crippen LogP contribution in [0.4, 0.5) is 10.1 Å². The van der Waals surface area contributed by atoms with Gasteiger partial charge in [-0.1, -0.05) is 28.9 Å². The number of aromatic nitrogens is 3. The Bertz CT molecular complexity index is 1040. The molecular formula is C18H14ClFN4O3. The Hall–Kier alpha value is -2.84. The average molecular weight is 389 g/mol. The second-order valence-corrected chi connectivity index (χ2v) is 6.76. The van der Waals surface area contributed by atoms with Gasteiger partial charge in [-0.2, -0.15) is 0 Å². The highest BCUT2D eigenvalue weighted by Gasteiger charge is 2.31. The van der Waals surface area contributed by atoms with Crippen LogP contribution in [-0.2, 0) is 6.42 Å². The first kappa shape index (κ1) is 17.6. The van der Waals surface area contributed by atoms with E-state index in [-0.39, 0.29) is 32.9 Å². The number of fused-ring (bicyclic) bond motifs is 1. The van der Waals surface area contributed by atoms with E-state index in [1.165, 1.54) is 18.2 Å². The normalized spacial score (nSPS) is 16.9. The van der Waals surface area contributed by atoms with E-state index in [9.17, 15) is 19.6 Å². The van der Waals surface area contributed by atoms with Crippen molar-refractivity contribution < 1.29 is 14.4 Å². The maximum absolute atomic E-state index is 13.5. The minimum Gasteiger partial charge on any atom is -0.382 e. The van der Waals surface area contributed by atoms with Crippen molar-refractivity contribution in [2.75, 3.05) is 0 Å². The van der Waals surface area contributed by atoms with Crippen LogP contribution in [0.1, 0.15) is 41.0 Å². The van der Waals surface area contributed by atoms with Gasteiger partial charge in [-0.25, -0.2) is 9.07 Å². The number of nitro groups is 1. The number of benzene rings is 2. The van der Waals surface area contributed by atoms with Crippen LogP contribution in [0.3, 0.4) is 0 Å². The Balaban J connectivity index is 1.66. The zero-order valence-electron chi connectivity index (χ0n) is 13.9. The van der Waals surface area contributed by atoms with Gasteiger partial charge in [-0.05, 0) is 36.6 Å². The minimum absolute atomic E-state index is 0.0990. The smallest absolute Gasteiger partial charge is 0.272 e. The van der Waals surface area contributed by atoms with Crippen LogP contribution in [0.15, 0.2) is 42.6 Å². The van der Waals surface area contributed by atoms with Crippen molar-refractivity contribution in [2.45, 2.75) is 25.0 Å². The number of nitro benzene ring substituents is 1. The monoisotopic (exact) mass is 388 g/mol. The SMILES string of the molecule is O=[N+]([O-])c1cccc2c1CC[C@H]2n1cc(C(O)c2cc(F)ccc2Cl)nn1. The lowest BCUT2D eigenvalue weighted by atomic mass is 10.1. The van der Waals surface area contributed by atoms with Gasteiger partial charge in [0, 0.05) is 22.2 Å². The molecule has 0 bridgehead atoms. The number of hydrogen-bond donors (Lipinski definition) is 1. The average Bonchev–Trinajstić information content (AvgIpc) is 3.29. The third kappa shape index (κ3) is 3.07. The molecule has 1 aliphatic rings. The molecule has 0 spiro atoms. The van der Waals surface area contributed by atoms with Gasteiger partial charge in [0.15, 0.2) is 0 Å². The van der Waals surface area contributed by atoms with Crippen LogP contribution >= 0.6 is 11.6 Å². The summed E-state index contributed by atoms with van der Waals surface area (Å²) in [6.07, 6.45) is 1.53. The number of hydrogen-bond acceptors (Lipinski definition) is 5. The molecule has 1 heterocycles. The van der Waals surface area contributed by atoms with Crippen molar-refractivity contribution in [1.82, 2.24) is 15.0 Å². The Morgan fingerprint density at radius 2 is 2.19 bits per heavy atom. The second kappa shape index (κ2) is 6.71. The third-order valence-corrected chi connectivity index (χ3v) is 5.14. The summed E-state index contributed by atoms with van der Waals surface area (Å²) >= 11 is 6.04. The summed E-state index contributed by atoms with van der Waals surface area (Å²) < 4.78 is 15.0. The van der Waals surface area contributed by atoms with Crippen LogP contribution < -0.4 is 0 Å². The van der Waals surface area contributed by atoms with E-state index in [0.717, 1.165) is 11.6 Å². The van der Waals surface area contributed by atoms with Gasteiger partial charge < -0.3 is 5.11 Å². The maximum Gasteiger partial charge on any atom is 0.272 e. The Kier molecular flexibility index (Phi) is 4.37. The molecule has 1 N–H and O–H groups in total. The molecule has 0 saturated carbocycles. The molecular weight excluding hydrogens is 375 g/mol. The van der Waals surface area contributed by atoms with E-state index < -0.39 is 11.9 Å². The van der Waals surface area contributed by atoms with Gasteiger partial charge >= 0.3 is 0 Å². The zero-order chi connectivity index (χ0) is 19.1. The molecule has 2 atom stereocenters. The first-order valence-electron chi connectivity index (χ1n) is 8.26. The lowest BCUT2D eigenvalue weighted by Gasteiger charge is -2.12. The molecule has 0 saturated heterocycles. The predicted octanol–water partition coefficient (Wildman–Crippen LogP) is 3.60. The first-order valence-corrected chi connectivity index (χ1v) is 8.64. The summed E-state index contributed by atoms with van der Waals surface area (Å²) in [6, 6.07) is 8.49. The van der Waals surface area contributed by atoms with Crippen LogP contribution in [0, 0.1) is 15.9 Å². The van der Waals surface area contributed by atoms with E-state index in [1.54, 1.807) is 16.9 Å². The fourth-order valence-electron chi connectivity index (χ4n) is 3.51. The van der Waals surface area contributed by atoms with E-state index in [4.69, 9.17) is 11.6 Å². The molecule has 1 unspecified atom stereocenters. The van der Waals surface area contributed by atoms with E-state index in [1.807, 2.05) is 6.07 Å². The summed E-state index contributed by atoms with van der Waals surface area (Å²) in [6.45, 7) is 0. The highest BCUT2D eigenvalue weighted by atomic mass is 35.5. The summed E-state index contributed by atoms with van der Waals surface area (Å²) in [5.74, 6) is -0.516. The largest absolute Gasteiger partial charge is 0.382 e. The second-order valence-electron chi connectivity index (χ2n) is 6.35. The van der Waals surface area contributed by atoms with Crippen LogP contribution in [0.5, 0.6) is 0 Å². The summed E-state index contributed by atoms with van der Waals surface area (Å²) in [5, 5.41) is 30.0. The molecule has 1 aromatic heterocycles. The topological polar surface area (TPSA) is 94.1 Å². The van der Waals surface area contributed by atoms with Gasteiger partial charge in [0.05, 0.1) is 17.2 Å². The zero-order valence-corrected chi connectivity index (χ0v) is 14.7.